The Bertz CT molecular complexity index is 972. The third kappa shape index (κ3) is 4.88. The number of carbonyl (C=O) groups excluding carboxylic acids is 1. The molecule has 144 valence electrons. The van der Waals surface area contributed by atoms with Gasteiger partial charge in [-0.05, 0) is 54.4 Å². The third-order valence-electron chi connectivity index (χ3n) is 4.15. The summed E-state index contributed by atoms with van der Waals surface area (Å²) in [7, 11) is 0. The predicted molar refractivity (Wildman–Crippen MR) is 102 cm³/mol. The van der Waals surface area contributed by atoms with Gasteiger partial charge in [0.2, 0.25) is 0 Å². The van der Waals surface area contributed by atoms with Crippen LogP contribution in [0.4, 0.5) is 24.5 Å². The summed E-state index contributed by atoms with van der Waals surface area (Å²) in [6.45, 7) is 2.44. The first-order chi connectivity index (χ1) is 13.3. The summed E-state index contributed by atoms with van der Waals surface area (Å²) in [6.07, 6.45) is -1.03. The first kappa shape index (κ1) is 19.4. The summed E-state index contributed by atoms with van der Waals surface area (Å²) in [6, 6.07) is 13.4. The molecule has 28 heavy (non-hydrogen) atoms. The zero-order chi connectivity index (χ0) is 20.1. The van der Waals surface area contributed by atoms with E-state index in [1.54, 1.807) is 30.6 Å². The van der Waals surface area contributed by atoms with Crippen molar-refractivity contribution in [1.29, 1.82) is 0 Å². The number of rotatable bonds is 5. The molecule has 7 heteroatoms. The molecule has 1 heterocycles. The Kier molecular flexibility index (Phi) is 5.63. The number of pyridine rings is 1. The number of aryl methyl sites for hydroxylation is 1. The highest BCUT2D eigenvalue weighted by atomic mass is 19.4. The van der Waals surface area contributed by atoms with Crippen LogP contribution in [0.2, 0.25) is 0 Å². The molecule has 0 aliphatic heterocycles. The van der Waals surface area contributed by atoms with Crippen molar-refractivity contribution in [3.05, 3.63) is 89.2 Å². The maximum atomic E-state index is 12.8. The van der Waals surface area contributed by atoms with Crippen molar-refractivity contribution in [2.24, 2.45) is 0 Å². The number of benzene rings is 2. The Morgan fingerprint density at radius 2 is 1.89 bits per heavy atom. The summed E-state index contributed by atoms with van der Waals surface area (Å²) in [5.74, 6) is -0.483. The normalized spacial score (nSPS) is 11.1. The van der Waals surface area contributed by atoms with E-state index in [0.717, 1.165) is 28.9 Å². The van der Waals surface area contributed by atoms with E-state index in [0.29, 0.717) is 12.1 Å². The Labute approximate surface area is 160 Å². The third-order valence-corrected chi connectivity index (χ3v) is 4.15. The summed E-state index contributed by atoms with van der Waals surface area (Å²) in [5, 5.41) is 5.76. The van der Waals surface area contributed by atoms with E-state index < -0.39 is 17.6 Å². The maximum Gasteiger partial charge on any atom is 0.416 e. The molecule has 0 saturated heterocycles. The van der Waals surface area contributed by atoms with Crippen molar-refractivity contribution in [2.75, 3.05) is 10.6 Å². The number of amides is 1. The number of nitrogens with zero attached hydrogens (tertiary/aromatic N) is 1. The molecule has 0 saturated carbocycles. The molecule has 0 radical (unpaired) electrons. The highest BCUT2D eigenvalue weighted by molar-refractivity contribution is 6.05. The van der Waals surface area contributed by atoms with Gasteiger partial charge in [0, 0.05) is 35.9 Å². The minimum Gasteiger partial charge on any atom is -0.381 e. The number of carbonyl (C=O) groups is 1. The second-order valence-corrected chi connectivity index (χ2v) is 6.28. The lowest BCUT2D eigenvalue weighted by Gasteiger charge is -2.13. The smallest absolute Gasteiger partial charge is 0.381 e. The van der Waals surface area contributed by atoms with Crippen LogP contribution < -0.4 is 10.6 Å². The van der Waals surface area contributed by atoms with Gasteiger partial charge in [0.25, 0.3) is 5.91 Å². The molecule has 0 bridgehead atoms. The van der Waals surface area contributed by atoms with E-state index in [9.17, 15) is 18.0 Å². The molecule has 0 atom stereocenters. The molecule has 3 rings (SSSR count). The fourth-order valence-corrected chi connectivity index (χ4v) is 2.63. The van der Waals surface area contributed by atoms with Gasteiger partial charge >= 0.3 is 6.18 Å². The molecule has 0 aliphatic carbocycles. The van der Waals surface area contributed by atoms with Crippen LogP contribution >= 0.6 is 0 Å². The standard InChI is InChI=1S/C21H18F3N3O/c1-14-7-8-16(10-19(14)26-13-15-4-3-9-25-12-15)20(28)27-18-6-2-5-17(11-18)21(22,23)24/h2-12,26H,13H2,1H3,(H,27,28). The van der Waals surface area contributed by atoms with Gasteiger partial charge in [-0.25, -0.2) is 0 Å². The Hall–Kier alpha value is -3.35. The summed E-state index contributed by atoms with van der Waals surface area (Å²) >= 11 is 0. The molecule has 0 spiro atoms. The number of anilines is 2. The van der Waals surface area contributed by atoms with E-state index in [1.807, 2.05) is 19.1 Å². The van der Waals surface area contributed by atoms with E-state index in [1.165, 1.54) is 12.1 Å². The van der Waals surface area contributed by atoms with Gasteiger partial charge in [-0.1, -0.05) is 18.2 Å². The molecule has 0 aliphatic rings. The van der Waals surface area contributed by atoms with Crippen LogP contribution in [0.5, 0.6) is 0 Å². The molecule has 3 aromatic rings. The monoisotopic (exact) mass is 385 g/mol. The highest BCUT2D eigenvalue weighted by Crippen LogP contribution is 2.30. The minimum atomic E-state index is -4.46. The molecule has 4 nitrogen and oxygen atoms in total. The summed E-state index contributed by atoms with van der Waals surface area (Å²) in [4.78, 5) is 16.5. The lowest BCUT2D eigenvalue weighted by atomic mass is 10.1. The summed E-state index contributed by atoms with van der Waals surface area (Å²) in [5.41, 5.74) is 2.32. The van der Waals surface area contributed by atoms with Gasteiger partial charge in [-0.3, -0.25) is 9.78 Å². The first-order valence-electron chi connectivity index (χ1n) is 8.55. The lowest BCUT2D eigenvalue weighted by Crippen LogP contribution is -2.14. The molecular weight excluding hydrogens is 367 g/mol. The van der Waals surface area contributed by atoms with Crippen molar-refractivity contribution in [1.82, 2.24) is 4.98 Å². The van der Waals surface area contributed by atoms with Crippen LogP contribution in [0.1, 0.15) is 27.0 Å². The van der Waals surface area contributed by atoms with E-state index in [2.05, 4.69) is 15.6 Å². The van der Waals surface area contributed by atoms with Crippen molar-refractivity contribution in [3.63, 3.8) is 0 Å². The minimum absolute atomic E-state index is 0.0882. The second-order valence-electron chi connectivity index (χ2n) is 6.28. The molecule has 0 fully saturated rings. The Balaban J connectivity index is 1.74. The first-order valence-corrected chi connectivity index (χ1v) is 8.55. The molecule has 0 unspecified atom stereocenters. The fourth-order valence-electron chi connectivity index (χ4n) is 2.63. The van der Waals surface area contributed by atoms with E-state index in [4.69, 9.17) is 0 Å². The molecule has 2 aromatic carbocycles. The molecule has 2 N–H and O–H groups in total. The van der Waals surface area contributed by atoms with E-state index >= 15 is 0 Å². The topological polar surface area (TPSA) is 54.0 Å². The quantitative estimate of drug-likeness (QED) is 0.629. The van der Waals surface area contributed by atoms with Gasteiger partial charge in [0.05, 0.1) is 5.56 Å². The zero-order valence-electron chi connectivity index (χ0n) is 15.0. The zero-order valence-corrected chi connectivity index (χ0v) is 15.0. The molecule has 1 amide bonds. The Morgan fingerprint density at radius 3 is 2.61 bits per heavy atom. The lowest BCUT2D eigenvalue weighted by molar-refractivity contribution is -0.137. The van der Waals surface area contributed by atoms with Crippen molar-refractivity contribution >= 4 is 17.3 Å². The van der Waals surface area contributed by atoms with Crippen molar-refractivity contribution in [2.45, 2.75) is 19.6 Å². The van der Waals surface area contributed by atoms with Crippen LogP contribution in [0.25, 0.3) is 0 Å². The number of nitrogens with one attached hydrogen (secondary N) is 2. The molecular formula is C21H18F3N3O. The molecule has 1 aromatic heterocycles. The number of hydrogen-bond acceptors (Lipinski definition) is 3. The maximum absolute atomic E-state index is 12.8. The van der Waals surface area contributed by atoms with Crippen LogP contribution in [0.15, 0.2) is 67.0 Å². The predicted octanol–water partition coefficient (Wildman–Crippen LogP) is 5.27. The highest BCUT2D eigenvalue weighted by Gasteiger charge is 2.30. The van der Waals surface area contributed by atoms with Crippen LogP contribution in [-0.2, 0) is 12.7 Å². The van der Waals surface area contributed by atoms with Gasteiger partial charge in [-0.15, -0.1) is 0 Å². The summed E-state index contributed by atoms with van der Waals surface area (Å²) < 4.78 is 38.5. The number of alkyl halides is 3. The number of hydrogen-bond donors (Lipinski definition) is 2. The van der Waals surface area contributed by atoms with Crippen molar-refractivity contribution < 1.29 is 18.0 Å². The van der Waals surface area contributed by atoms with Gasteiger partial charge < -0.3 is 10.6 Å². The fraction of sp³-hybridized carbons (Fsp3) is 0.143. The van der Waals surface area contributed by atoms with Gasteiger partial charge in [-0.2, -0.15) is 13.2 Å². The van der Waals surface area contributed by atoms with Crippen LogP contribution in [0.3, 0.4) is 0 Å². The van der Waals surface area contributed by atoms with Crippen LogP contribution in [-0.4, -0.2) is 10.9 Å². The van der Waals surface area contributed by atoms with E-state index in [-0.39, 0.29) is 5.69 Å². The average molecular weight is 385 g/mol. The Morgan fingerprint density at radius 1 is 1.07 bits per heavy atom. The second kappa shape index (κ2) is 8.12. The number of aromatic nitrogens is 1. The van der Waals surface area contributed by atoms with Crippen LogP contribution in [0, 0.1) is 6.92 Å². The number of halogens is 3. The van der Waals surface area contributed by atoms with Gasteiger partial charge in [0.1, 0.15) is 0 Å². The van der Waals surface area contributed by atoms with Gasteiger partial charge in [0.15, 0.2) is 0 Å². The SMILES string of the molecule is Cc1ccc(C(=O)Nc2cccc(C(F)(F)F)c2)cc1NCc1cccnc1. The largest absolute Gasteiger partial charge is 0.416 e. The average Bonchev–Trinajstić information content (AvgIpc) is 2.67. The van der Waals surface area contributed by atoms with Crippen molar-refractivity contribution in [3.8, 4) is 0 Å².